The number of rotatable bonds is 9. The Bertz CT molecular complexity index is 965. The molecule has 0 unspecified atom stereocenters. The molecule has 2 rings (SSSR count). The van der Waals surface area contributed by atoms with Gasteiger partial charge in [0.15, 0.2) is 0 Å². The molecule has 0 saturated heterocycles. The zero-order valence-electron chi connectivity index (χ0n) is 18.1. The number of aryl methyl sites for hydroxylation is 1. The second-order valence-electron chi connectivity index (χ2n) is 6.64. The van der Waals surface area contributed by atoms with E-state index in [-0.39, 0.29) is 18.8 Å². The predicted octanol–water partition coefficient (Wildman–Crippen LogP) is 4.54. The Hall–Kier alpha value is -3.79. The van der Waals surface area contributed by atoms with Crippen molar-refractivity contribution in [1.82, 2.24) is 0 Å². The third kappa shape index (κ3) is 7.19. The van der Waals surface area contributed by atoms with Crippen molar-refractivity contribution in [2.24, 2.45) is 0 Å². The number of para-hydroxylation sites is 1. The first-order valence-electron chi connectivity index (χ1n) is 10.1. The summed E-state index contributed by atoms with van der Waals surface area (Å²) in [4.78, 5) is 25.8. The SMILES string of the molecule is CCOC(=O)/C(C#N)=C/c1ccc(N(CC)CCOC(=O)Nc2ccccc2)cc1C. The van der Waals surface area contributed by atoms with Gasteiger partial charge in [-0.3, -0.25) is 5.32 Å². The Morgan fingerprint density at radius 1 is 1.13 bits per heavy atom. The summed E-state index contributed by atoms with van der Waals surface area (Å²) in [5, 5.41) is 11.9. The number of esters is 1. The molecule has 7 heteroatoms. The van der Waals surface area contributed by atoms with Crippen molar-refractivity contribution in [2.75, 3.05) is 36.5 Å². The molecule has 0 aliphatic heterocycles. The number of benzene rings is 2. The summed E-state index contributed by atoms with van der Waals surface area (Å²) in [6.07, 6.45) is 1.03. The fraction of sp³-hybridized carbons (Fsp3) is 0.292. The van der Waals surface area contributed by atoms with E-state index in [1.165, 1.54) is 6.08 Å². The van der Waals surface area contributed by atoms with Crippen LogP contribution >= 0.6 is 0 Å². The van der Waals surface area contributed by atoms with Gasteiger partial charge in [-0.05, 0) is 62.2 Å². The van der Waals surface area contributed by atoms with E-state index < -0.39 is 12.1 Å². The Morgan fingerprint density at radius 3 is 2.48 bits per heavy atom. The van der Waals surface area contributed by atoms with Crippen molar-refractivity contribution >= 4 is 29.5 Å². The van der Waals surface area contributed by atoms with Crippen molar-refractivity contribution in [1.29, 1.82) is 5.26 Å². The van der Waals surface area contributed by atoms with Crippen LogP contribution in [0, 0.1) is 18.3 Å². The number of nitrogens with one attached hydrogen (secondary N) is 1. The van der Waals surface area contributed by atoms with Gasteiger partial charge in [-0.1, -0.05) is 24.3 Å². The summed E-state index contributed by atoms with van der Waals surface area (Å²) in [7, 11) is 0. The summed E-state index contributed by atoms with van der Waals surface area (Å²) >= 11 is 0. The van der Waals surface area contributed by atoms with Gasteiger partial charge in [0, 0.05) is 17.9 Å². The number of nitriles is 1. The molecule has 2 aromatic carbocycles. The lowest BCUT2D eigenvalue weighted by Crippen LogP contribution is -2.29. The number of nitrogens with zero attached hydrogens (tertiary/aromatic N) is 2. The molecule has 1 amide bonds. The summed E-state index contributed by atoms with van der Waals surface area (Å²) < 4.78 is 10.2. The van der Waals surface area contributed by atoms with Crippen LogP contribution in [0.1, 0.15) is 25.0 Å². The molecular weight excluding hydrogens is 394 g/mol. The molecule has 0 saturated carbocycles. The molecule has 1 N–H and O–H groups in total. The molecule has 31 heavy (non-hydrogen) atoms. The Morgan fingerprint density at radius 2 is 1.87 bits per heavy atom. The standard InChI is InChI=1S/C24H27N3O4/c1-4-27(13-14-31-24(29)26-21-9-7-6-8-10-21)22-12-11-19(18(3)15-22)16-20(17-25)23(28)30-5-2/h6-12,15-16H,4-5,13-14H2,1-3H3,(H,26,29)/b20-16+. The first kappa shape index (κ1) is 23.5. The maximum atomic E-state index is 11.9. The van der Waals surface area contributed by atoms with Crippen LogP contribution in [0.15, 0.2) is 54.1 Å². The first-order chi connectivity index (χ1) is 15.0. The number of anilines is 2. The van der Waals surface area contributed by atoms with E-state index in [1.54, 1.807) is 19.1 Å². The summed E-state index contributed by atoms with van der Waals surface area (Å²) in [6.45, 7) is 7.32. The van der Waals surface area contributed by atoms with Crippen LogP contribution in [0.4, 0.5) is 16.2 Å². The first-order valence-corrected chi connectivity index (χ1v) is 10.1. The average molecular weight is 421 g/mol. The fourth-order valence-corrected chi connectivity index (χ4v) is 2.91. The van der Waals surface area contributed by atoms with Crippen LogP contribution in [0.25, 0.3) is 6.08 Å². The van der Waals surface area contributed by atoms with Gasteiger partial charge in [-0.15, -0.1) is 0 Å². The van der Waals surface area contributed by atoms with E-state index in [4.69, 9.17) is 9.47 Å². The minimum Gasteiger partial charge on any atom is -0.462 e. The maximum Gasteiger partial charge on any atom is 0.411 e. The largest absolute Gasteiger partial charge is 0.462 e. The molecule has 0 aliphatic carbocycles. The summed E-state index contributed by atoms with van der Waals surface area (Å²) in [5.74, 6) is -0.630. The van der Waals surface area contributed by atoms with Gasteiger partial charge < -0.3 is 14.4 Å². The van der Waals surface area contributed by atoms with Crippen molar-refractivity contribution in [3.8, 4) is 6.07 Å². The Labute approximate surface area is 182 Å². The minimum atomic E-state index is -0.630. The molecule has 0 aromatic heterocycles. The molecule has 162 valence electrons. The molecule has 0 bridgehead atoms. The normalized spacial score (nSPS) is 10.7. The molecular formula is C24H27N3O4. The van der Waals surface area contributed by atoms with E-state index in [0.29, 0.717) is 12.2 Å². The van der Waals surface area contributed by atoms with Crippen LogP contribution in [-0.2, 0) is 14.3 Å². The molecule has 0 heterocycles. The molecule has 0 fully saturated rings. The summed E-state index contributed by atoms with van der Waals surface area (Å²) in [6, 6.07) is 16.7. The van der Waals surface area contributed by atoms with E-state index >= 15 is 0 Å². The average Bonchev–Trinajstić information content (AvgIpc) is 2.76. The van der Waals surface area contributed by atoms with Crippen molar-refractivity contribution in [3.63, 3.8) is 0 Å². The highest BCUT2D eigenvalue weighted by Gasteiger charge is 2.12. The lowest BCUT2D eigenvalue weighted by molar-refractivity contribution is -0.137. The highest BCUT2D eigenvalue weighted by atomic mass is 16.5. The highest BCUT2D eigenvalue weighted by molar-refractivity contribution is 5.98. The van der Waals surface area contributed by atoms with Crippen LogP contribution in [0.5, 0.6) is 0 Å². The number of amides is 1. The van der Waals surface area contributed by atoms with Crippen LogP contribution in [0.2, 0.25) is 0 Å². The lowest BCUT2D eigenvalue weighted by atomic mass is 10.0. The third-order valence-electron chi connectivity index (χ3n) is 4.53. The van der Waals surface area contributed by atoms with Gasteiger partial charge in [-0.25, -0.2) is 9.59 Å². The van der Waals surface area contributed by atoms with E-state index in [0.717, 1.165) is 23.4 Å². The van der Waals surface area contributed by atoms with Crippen molar-refractivity contribution in [3.05, 3.63) is 65.2 Å². The number of likely N-dealkylation sites (N-methyl/N-ethyl adjacent to an activating group) is 1. The molecule has 0 aliphatic rings. The van der Waals surface area contributed by atoms with Crippen molar-refractivity contribution < 1.29 is 19.1 Å². The van der Waals surface area contributed by atoms with E-state index in [2.05, 4.69) is 10.2 Å². The second-order valence-corrected chi connectivity index (χ2v) is 6.64. The lowest BCUT2D eigenvalue weighted by Gasteiger charge is -2.23. The molecule has 2 aromatic rings. The van der Waals surface area contributed by atoms with E-state index in [9.17, 15) is 14.9 Å². The number of ether oxygens (including phenoxy) is 2. The number of carbonyl (C=O) groups excluding carboxylic acids is 2. The smallest absolute Gasteiger partial charge is 0.411 e. The Kier molecular flexibility index (Phi) is 9.12. The molecule has 0 spiro atoms. The van der Waals surface area contributed by atoms with Crippen LogP contribution in [0.3, 0.4) is 0 Å². The third-order valence-corrected chi connectivity index (χ3v) is 4.53. The maximum absolute atomic E-state index is 11.9. The second kappa shape index (κ2) is 12.0. The van der Waals surface area contributed by atoms with E-state index in [1.807, 2.05) is 56.3 Å². The van der Waals surface area contributed by atoms with Crippen LogP contribution < -0.4 is 10.2 Å². The van der Waals surface area contributed by atoms with Gasteiger partial charge in [0.2, 0.25) is 0 Å². The Balaban J connectivity index is 1.99. The zero-order chi connectivity index (χ0) is 22.6. The number of hydrogen-bond donors (Lipinski definition) is 1. The monoisotopic (exact) mass is 421 g/mol. The van der Waals surface area contributed by atoms with Gasteiger partial charge in [0.05, 0.1) is 13.2 Å². The topological polar surface area (TPSA) is 91.7 Å². The zero-order valence-corrected chi connectivity index (χ0v) is 18.1. The highest BCUT2D eigenvalue weighted by Crippen LogP contribution is 2.21. The van der Waals surface area contributed by atoms with Gasteiger partial charge in [0.1, 0.15) is 18.2 Å². The molecule has 7 nitrogen and oxygen atoms in total. The number of carbonyl (C=O) groups is 2. The van der Waals surface area contributed by atoms with Gasteiger partial charge in [0.25, 0.3) is 0 Å². The minimum absolute atomic E-state index is 0.0390. The van der Waals surface area contributed by atoms with Crippen LogP contribution in [-0.4, -0.2) is 38.4 Å². The van der Waals surface area contributed by atoms with Gasteiger partial charge >= 0.3 is 12.1 Å². The number of hydrogen-bond acceptors (Lipinski definition) is 6. The molecule has 0 radical (unpaired) electrons. The predicted molar refractivity (Wildman–Crippen MR) is 121 cm³/mol. The van der Waals surface area contributed by atoms with Gasteiger partial charge in [-0.2, -0.15) is 5.26 Å². The quantitative estimate of drug-likeness (QED) is 0.363. The fourth-order valence-electron chi connectivity index (χ4n) is 2.91. The summed E-state index contributed by atoms with van der Waals surface area (Å²) in [5.41, 5.74) is 3.28. The molecule has 0 atom stereocenters. The van der Waals surface area contributed by atoms with Crippen molar-refractivity contribution in [2.45, 2.75) is 20.8 Å².